The van der Waals surface area contributed by atoms with E-state index in [0.29, 0.717) is 6.04 Å². The molecule has 3 heteroatoms. The van der Waals surface area contributed by atoms with Crippen molar-refractivity contribution in [2.75, 3.05) is 12.4 Å². The van der Waals surface area contributed by atoms with Crippen LogP contribution >= 0.6 is 11.8 Å². The van der Waals surface area contributed by atoms with E-state index in [0.717, 1.165) is 16.9 Å². The van der Waals surface area contributed by atoms with Gasteiger partial charge in [0.1, 0.15) is 0 Å². The molecule has 1 fully saturated rings. The normalized spacial score (nSPS) is 28.3. The molecule has 2 N–H and O–H groups in total. The molecule has 0 aromatic carbocycles. The molecule has 0 bridgehead atoms. The minimum Gasteiger partial charge on any atom is -0.395 e. The van der Waals surface area contributed by atoms with Gasteiger partial charge in [-0.05, 0) is 18.8 Å². The molecule has 3 atom stereocenters. The molecule has 0 aromatic rings. The van der Waals surface area contributed by atoms with Gasteiger partial charge in [-0.3, -0.25) is 0 Å². The fraction of sp³-hybridized carbons (Fsp3) is 1.00. The van der Waals surface area contributed by atoms with E-state index in [1.54, 1.807) is 0 Å². The van der Waals surface area contributed by atoms with Crippen LogP contribution in [0.25, 0.3) is 0 Å². The van der Waals surface area contributed by atoms with Crippen molar-refractivity contribution in [3.05, 3.63) is 0 Å². The lowest BCUT2D eigenvalue weighted by Crippen LogP contribution is -2.39. The quantitative estimate of drug-likeness (QED) is 0.754. The summed E-state index contributed by atoms with van der Waals surface area (Å²) in [5.41, 5.74) is 0. The molecule has 0 amide bonds. The molecule has 1 rings (SSSR count). The van der Waals surface area contributed by atoms with Crippen LogP contribution < -0.4 is 5.32 Å². The summed E-state index contributed by atoms with van der Waals surface area (Å²) in [5.74, 6) is 1.95. The van der Waals surface area contributed by atoms with Crippen LogP contribution in [0.3, 0.4) is 0 Å². The Labute approximate surface area is 105 Å². The van der Waals surface area contributed by atoms with Gasteiger partial charge >= 0.3 is 0 Å². The molecule has 1 saturated carbocycles. The molecule has 96 valence electrons. The zero-order valence-electron chi connectivity index (χ0n) is 10.9. The molecule has 1 aliphatic carbocycles. The van der Waals surface area contributed by atoms with E-state index < -0.39 is 0 Å². The topological polar surface area (TPSA) is 32.3 Å². The third kappa shape index (κ3) is 5.55. The number of thioether (sulfide) groups is 1. The predicted octanol–water partition coefficient (Wildman–Crippen LogP) is 2.66. The van der Waals surface area contributed by atoms with Crippen LogP contribution in [0.4, 0.5) is 0 Å². The second-order valence-corrected chi connectivity index (χ2v) is 6.76. The van der Waals surface area contributed by atoms with Crippen LogP contribution in [0.5, 0.6) is 0 Å². The summed E-state index contributed by atoms with van der Waals surface area (Å²) >= 11 is 2.05. The van der Waals surface area contributed by atoms with Crippen molar-refractivity contribution in [3.8, 4) is 0 Å². The number of nitrogens with one attached hydrogen (secondary N) is 1. The van der Waals surface area contributed by atoms with E-state index in [-0.39, 0.29) is 12.6 Å². The summed E-state index contributed by atoms with van der Waals surface area (Å²) in [7, 11) is 0. The van der Waals surface area contributed by atoms with Crippen molar-refractivity contribution in [2.24, 2.45) is 5.92 Å². The van der Waals surface area contributed by atoms with Gasteiger partial charge in [0.15, 0.2) is 0 Å². The third-order valence-corrected chi connectivity index (χ3v) is 4.71. The average molecular weight is 245 g/mol. The molecule has 2 nitrogen and oxygen atoms in total. The molecule has 0 radical (unpaired) electrons. The van der Waals surface area contributed by atoms with Gasteiger partial charge in [0, 0.05) is 23.1 Å². The van der Waals surface area contributed by atoms with Crippen LogP contribution in [0.15, 0.2) is 0 Å². The summed E-state index contributed by atoms with van der Waals surface area (Å²) in [6.45, 7) is 6.89. The minimum absolute atomic E-state index is 0.257. The molecule has 0 saturated heterocycles. The van der Waals surface area contributed by atoms with E-state index in [1.165, 1.54) is 25.7 Å². The Kier molecular flexibility index (Phi) is 6.78. The number of aliphatic hydroxyl groups is 1. The third-order valence-electron chi connectivity index (χ3n) is 3.21. The van der Waals surface area contributed by atoms with Crippen molar-refractivity contribution in [1.82, 2.24) is 5.32 Å². The second kappa shape index (κ2) is 7.57. The fourth-order valence-electron chi connectivity index (χ4n) is 2.41. The Morgan fingerprint density at radius 2 is 2.12 bits per heavy atom. The lowest BCUT2D eigenvalue weighted by atomic mass is 9.91. The van der Waals surface area contributed by atoms with Gasteiger partial charge in [-0.2, -0.15) is 11.8 Å². The van der Waals surface area contributed by atoms with E-state index >= 15 is 0 Å². The molecule has 0 heterocycles. The van der Waals surface area contributed by atoms with Gasteiger partial charge in [-0.15, -0.1) is 0 Å². The number of aliphatic hydroxyl groups excluding tert-OH is 1. The molecular weight excluding hydrogens is 218 g/mol. The van der Waals surface area contributed by atoms with E-state index in [9.17, 15) is 5.11 Å². The summed E-state index contributed by atoms with van der Waals surface area (Å²) < 4.78 is 0. The van der Waals surface area contributed by atoms with E-state index in [1.807, 2.05) is 0 Å². The molecule has 0 aliphatic heterocycles. The Morgan fingerprint density at radius 1 is 1.38 bits per heavy atom. The summed E-state index contributed by atoms with van der Waals surface area (Å²) in [6.07, 6.45) is 5.53. The highest BCUT2D eigenvalue weighted by atomic mass is 32.2. The highest BCUT2D eigenvalue weighted by Gasteiger charge is 2.20. The Bertz CT molecular complexity index is 183. The van der Waals surface area contributed by atoms with Crippen molar-refractivity contribution in [2.45, 2.75) is 63.8 Å². The van der Waals surface area contributed by atoms with Crippen LogP contribution in [-0.4, -0.2) is 34.8 Å². The van der Waals surface area contributed by atoms with Gasteiger partial charge in [0.05, 0.1) is 6.61 Å². The monoisotopic (exact) mass is 245 g/mol. The first-order valence-corrected chi connectivity index (χ1v) is 7.65. The van der Waals surface area contributed by atoms with Crippen LogP contribution in [0.2, 0.25) is 0 Å². The SMILES string of the molecule is CC1CCCC(SCC(CO)NC(C)C)C1. The largest absolute Gasteiger partial charge is 0.395 e. The summed E-state index contributed by atoms with van der Waals surface area (Å²) in [6, 6.07) is 0.727. The molecule has 0 spiro atoms. The van der Waals surface area contributed by atoms with Crippen molar-refractivity contribution in [1.29, 1.82) is 0 Å². The zero-order chi connectivity index (χ0) is 12.0. The van der Waals surface area contributed by atoms with E-state index in [4.69, 9.17) is 0 Å². The zero-order valence-corrected chi connectivity index (χ0v) is 11.7. The Morgan fingerprint density at radius 3 is 2.69 bits per heavy atom. The Balaban J connectivity index is 2.20. The maximum Gasteiger partial charge on any atom is 0.0592 e. The lowest BCUT2D eigenvalue weighted by molar-refractivity contribution is 0.247. The minimum atomic E-state index is 0.257. The first-order chi connectivity index (χ1) is 7.61. The molecule has 16 heavy (non-hydrogen) atoms. The Hall–Kier alpha value is 0.270. The number of rotatable bonds is 6. The highest BCUT2D eigenvalue weighted by Crippen LogP contribution is 2.32. The average Bonchev–Trinajstić information content (AvgIpc) is 2.24. The van der Waals surface area contributed by atoms with Gasteiger partial charge in [-0.1, -0.05) is 33.6 Å². The second-order valence-electron chi connectivity index (χ2n) is 5.43. The van der Waals surface area contributed by atoms with Crippen LogP contribution in [0.1, 0.15) is 46.5 Å². The van der Waals surface area contributed by atoms with Crippen LogP contribution in [-0.2, 0) is 0 Å². The van der Waals surface area contributed by atoms with Crippen molar-refractivity contribution in [3.63, 3.8) is 0 Å². The molecular formula is C13H27NOS. The predicted molar refractivity (Wildman–Crippen MR) is 73.0 cm³/mol. The first kappa shape index (κ1) is 14.3. The maximum atomic E-state index is 9.28. The van der Waals surface area contributed by atoms with Gasteiger partial charge in [0.25, 0.3) is 0 Å². The highest BCUT2D eigenvalue weighted by molar-refractivity contribution is 7.99. The van der Waals surface area contributed by atoms with E-state index in [2.05, 4.69) is 37.8 Å². The standard InChI is InChI=1S/C13H27NOS/c1-10(2)14-12(8-15)9-16-13-6-4-5-11(3)7-13/h10-15H,4-9H2,1-3H3. The van der Waals surface area contributed by atoms with Gasteiger partial charge < -0.3 is 10.4 Å². The molecule has 1 aliphatic rings. The summed E-state index contributed by atoms with van der Waals surface area (Å²) in [4.78, 5) is 0. The molecule has 3 unspecified atom stereocenters. The van der Waals surface area contributed by atoms with Crippen LogP contribution in [0, 0.1) is 5.92 Å². The molecule has 0 aromatic heterocycles. The fourth-order valence-corrected chi connectivity index (χ4v) is 3.91. The maximum absolute atomic E-state index is 9.28. The van der Waals surface area contributed by atoms with Gasteiger partial charge in [0.2, 0.25) is 0 Å². The number of hydrogen-bond acceptors (Lipinski definition) is 3. The lowest BCUT2D eigenvalue weighted by Gasteiger charge is -2.28. The van der Waals surface area contributed by atoms with Gasteiger partial charge in [-0.25, -0.2) is 0 Å². The van der Waals surface area contributed by atoms with Crippen molar-refractivity contribution < 1.29 is 5.11 Å². The summed E-state index contributed by atoms with van der Waals surface area (Å²) in [5, 5.41) is 13.5. The number of hydrogen-bond donors (Lipinski definition) is 2. The first-order valence-electron chi connectivity index (χ1n) is 6.60. The smallest absolute Gasteiger partial charge is 0.0592 e. The van der Waals surface area contributed by atoms with Crippen molar-refractivity contribution >= 4 is 11.8 Å².